The summed E-state index contributed by atoms with van der Waals surface area (Å²) >= 11 is 0. The van der Waals surface area contributed by atoms with Gasteiger partial charge >= 0.3 is 0 Å². The van der Waals surface area contributed by atoms with E-state index in [1.165, 1.54) is 11.6 Å². The lowest BCUT2D eigenvalue weighted by molar-refractivity contribution is 0.401. The van der Waals surface area contributed by atoms with Crippen LogP contribution in [0.25, 0.3) is 0 Å². The molecule has 2 nitrogen and oxygen atoms in total. The van der Waals surface area contributed by atoms with Crippen LogP contribution in [0.5, 0.6) is 5.75 Å². The Labute approximate surface area is 119 Å². The minimum Gasteiger partial charge on any atom is -0.496 e. The summed E-state index contributed by atoms with van der Waals surface area (Å²) in [6, 6.07) is 13.0. The van der Waals surface area contributed by atoms with Crippen molar-refractivity contribution in [1.82, 2.24) is 5.32 Å². The average Bonchev–Trinajstić information content (AvgIpc) is 2.46. The van der Waals surface area contributed by atoms with Crippen LogP contribution in [-0.2, 0) is 6.54 Å². The van der Waals surface area contributed by atoms with Crippen LogP contribution >= 0.6 is 0 Å². The molecule has 1 N–H and O–H groups in total. The van der Waals surface area contributed by atoms with Gasteiger partial charge in [-0.2, -0.15) is 0 Å². The first-order chi connectivity index (χ1) is 9.61. The van der Waals surface area contributed by atoms with Crippen molar-refractivity contribution in [2.75, 3.05) is 7.11 Å². The summed E-state index contributed by atoms with van der Waals surface area (Å²) in [5.41, 5.74) is 2.94. The van der Waals surface area contributed by atoms with Crippen LogP contribution < -0.4 is 10.1 Å². The molecule has 1 atom stereocenters. The van der Waals surface area contributed by atoms with Crippen molar-refractivity contribution in [2.24, 2.45) is 0 Å². The molecule has 0 bridgehead atoms. The monoisotopic (exact) mass is 273 g/mol. The number of benzene rings is 2. The molecule has 2 rings (SSSR count). The van der Waals surface area contributed by atoms with E-state index in [1.807, 2.05) is 25.1 Å². The second-order valence-electron chi connectivity index (χ2n) is 4.94. The van der Waals surface area contributed by atoms with Crippen LogP contribution in [-0.4, -0.2) is 7.11 Å². The Morgan fingerprint density at radius 3 is 2.65 bits per heavy atom. The maximum atomic E-state index is 13.6. The highest BCUT2D eigenvalue weighted by molar-refractivity contribution is 5.39. The van der Waals surface area contributed by atoms with Crippen molar-refractivity contribution in [1.29, 1.82) is 0 Å². The van der Waals surface area contributed by atoms with Crippen molar-refractivity contribution in [3.05, 3.63) is 65.0 Å². The Hall–Kier alpha value is -1.87. The third kappa shape index (κ3) is 3.36. The molecule has 0 radical (unpaired) electrons. The Bertz CT molecular complexity index is 583. The van der Waals surface area contributed by atoms with E-state index in [2.05, 4.69) is 18.3 Å². The number of aryl methyl sites for hydroxylation is 1. The predicted molar refractivity (Wildman–Crippen MR) is 79.4 cm³/mol. The van der Waals surface area contributed by atoms with Crippen LogP contribution in [0.4, 0.5) is 4.39 Å². The third-order valence-corrected chi connectivity index (χ3v) is 3.41. The first-order valence-electron chi connectivity index (χ1n) is 6.73. The molecule has 2 aromatic rings. The summed E-state index contributed by atoms with van der Waals surface area (Å²) in [6.45, 7) is 4.59. The van der Waals surface area contributed by atoms with E-state index >= 15 is 0 Å². The standard InChI is InChI=1S/C17H20FNO/c1-12-8-9-17(20-3)15(10-12)13(2)19-11-14-6-4-5-7-16(14)18/h4-10,13,19H,11H2,1-3H3. The van der Waals surface area contributed by atoms with Crippen molar-refractivity contribution >= 4 is 0 Å². The van der Waals surface area contributed by atoms with Gasteiger partial charge < -0.3 is 10.1 Å². The first kappa shape index (κ1) is 14.5. The van der Waals surface area contributed by atoms with E-state index < -0.39 is 0 Å². The highest BCUT2D eigenvalue weighted by Crippen LogP contribution is 2.26. The summed E-state index contributed by atoms with van der Waals surface area (Å²) in [5.74, 6) is 0.674. The quantitative estimate of drug-likeness (QED) is 0.889. The molecular weight excluding hydrogens is 253 g/mol. The highest BCUT2D eigenvalue weighted by atomic mass is 19.1. The fraction of sp³-hybridized carbons (Fsp3) is 0.294. The molecule has 2 aromatic carbocycles. The van der Waals surface area contributed by atoms with Gasteiger partial charge in [0.2, 0.25) is 0 Å². The van der Waals surface area contributed by atoms with Gasteiger partial charge in [-0.15, -0.1) is 0 Å². The summed E-state index contributed by atoms with van der Waals surface area (Å²) in [7, 11) is 1.66. The van der Waals surface area contributed by atoms with Gasteiger partial charge in [0.1, 0.15) is 11.6 Å². The Balaban J connectivity index is 2.11. The first-order valence-corrected chi connectivity index (χ1v) is 6.73. The summed E-state index contributed by atoms with van der Waals surface area (Å²) in [5, 5.41) is 3.34. The number of halogens is 1. The minimum absolute atomic E-state index is 0.0875. The normalized spacial score (nSPS) is 12.2. The van der Waals surface area contributed by atoms with Gasteiger partial charge in [-0.3, -0.25) is 0 Å². The van der Waals surface area contributed by atoms with E-state index in [1.54, 1.807) is 19.2 Å². The largest absolute Gasteiger partial charge is 0.496 e. The maximum absolute atomic E-state index is 13.6. The van der Waals surface area contributed by atoms with Crippen LogP contribution in [0.3, 0.4) is 0 Å². The molecule has 1 unspecified atom stereocenters. The lowest BCUT2D eigenvalue weighted by Gasteiger charge is -2.18. The SMILES string of the molecule is COc1ccc(C)cc1C(C)NCc1ccccc1F. The molecule has 3 heteroatoms. The fourth-order valence-electron chi connectivity index (χ4n) is 2.21. The van der Waals surface area contributed by atoms with Gasteiger partial charge in [-0.25, -0.2) is 4.39 Å². The van der Waals surface area contributed by atoms with Crippen LogP contribution in [0.15, 0.2) is 42.5 Å². The molecule has 0 aliphatic carbocycles. The Kier molecular flexibility index (Phi) is 4.74. The number of hydrogen-bond acceptors (Lipinski definition) is 2. The molecule has 0 aromatic heterocycles. The van der Waals surface area contributed by atoms with Crippen molar-refractivity contribution in [2.45, 2.75) is 26.4 Å². The summed E-state index contributed by atoms with van der Waals surface area (Å²) < 4.78 is 19.0. The second-order valence-corrected chi connectivity index (χ2v) is 4.94. The van der Waals surface area contributed by atoms with Gasteiger partial charge in [0.15, 0.2) is 0 Å². The average molecular weight is 273 g/mol. The molecule has 0 saturated carbocycles. The Morgan fingerprint density at radius 2 is 1.95 bits per heavy atom. The lowest BCUT2D eigenvalue weighted by Crippen LogP contribution is -2.19. The van der Waals surface area contributed by atoms with Gasteiger partial charge in [-0.1, -0.05) is 35.9 Å². The molecule has 0 fully saturated rings. The summed E-state index contributed by atoms with van der Waals surface area (Å²) in [4.78, 5) is 0. The number of nitrogens with one attached hydrogen (secondary N) is 1. The van der Waals surface area contributed by atoms with Gasteiger partial charge in [0, 0.05) is 23.7 Å². The zero-order valence-electron chi connectivity index (χ0n) is 12.1. The van der Waals surface area contributed by atoms with Gasteiger partial charge in [-0.05, 0) is 26.0 Å². The van der Waals surface area contributed by atoms with Crippen molar-refractivity contribution < 1.29 is 9.13 Å². The number of rotatable bonds is 5. The van der Waals surface area contributed by atoms with Crippen molar-refractivity contribution in [3.63, 3.8) is 0 Å². The van der Waals surface area contributed by atoms with E-state index in [-0.39, 0.29) is 11.9 Å². The van der Waals surface area contributed by atoms with Crippen LogP contribution in [0.1, 0.15) is 29.7 Å². The highest BCUT2D eigenvalue weighted by Gasteiger charge is 2.12. The smallest absolute Gasteiger partial charge is 0.127 e. The van der Waals surface area contributed by atoms with Gasteiger partial charge in [0.25, 0.3) is 0 Å². The summed E-state index contributed by atoms with van der Waals surface area (Å²) in [6.07, 6.45) is 0. The molecule has 0 spiro atoms. The fourth-order valence-corrected chi connectivity index (χ4v) is 2.21. The molecule has 0 aliphatic heterocycles. The molecular formula is C17H20FNO. The van der Waals surface area contributed by atoms with Crippen LogP contribution in [0.2, 0.25) is 0 Å². The van der Waals surface area contributed by atoms with Crippen LogP contribution in [0, 0.1) is 12.7 Å². The predicted octanol–water partition coefficient (Wildman–Crippen LogP) is 3.99. The van der Waals surface area contributed by atoms with E-state index in [0.717, 1.165) is 11.3 Å². The molecule has 20 heavy (non-hydrogen) atoms. The number of hydrogen-bond donors (Lipinski definition) is 1. The van der Waals surface area contributed by atoms with Crippen molar-refractivity contribution in [3.8, 4) is 5.75 Å². The topological polar surface area (TPSA) is 21.3 Å². The zero-order chi connectivity index (χ0) is 14.5. The molecule has 0 aliphatic rings. The molecule has 0 heterocycles. The molecule has 106 valence electrons. The number of methoxy groups -OCH3 is 1. The molecule has 0 amide bonds. The van der Waals surface area contributed by atoms with E-state index in [4.69, 9.17) is 4.74 Å². The minimum atomic E-state index is -0.177. The second kappa shape index (κ2) is 6.53. The number of ether oxygens (including phenoxy) is 1. The zero-order valence-corrected chi connectivity index (χ0v) is 12.1. The van der Waals surface area contributed by atoms with Gasteiger partial charge in [0.05, 0.1) is 7.11 Å². The van der Waals surface area contributed by atoms with E-state index in [9.17, 15) is 4.39 Å². The lowest BCUT2D eigenvalue weighted by atomic mass is 10.0. The molecule has 0 saturated heterocycles. The third-order valence-electron chi connectivity index (χ3n) is 3.41. The Morgan fingerprint density at radius 1 is 1.20 bits per heavy atom. The maximum Gasteiger partial charge on any atom is 0.127 e. The van der Waals surface area contributed by atoms with E-state index in [0.29, 0.717) is 12.1 Å².